The number of anilines is 1. The molecule has 3 amide bonds. The fourth-order valence-electron chi connectivity index (χ4n) is 2.14. The topological polar surface area (TPSA) is 98.7 Å². The van der Waals surface area contributed by atoms with E-state index in [9.17, 15) is 14.4 Å². The van der Waals surface area contributed by atoms with Crippen LogP contribution in [0.15, 0.2) is 30.0 Å². The highest BCUT2D eigenvalue weighted by Crippen LogP contribution is 2.21. The van der Waals surface area contributed by atoms with Crippen molar-refractivity contribution >= 4 is 23.4 Å². The lowest BCUT2D eigenvalue weighted by Gasteiger charge is -2.14. The Hall–Kier alpha value is -2.67. The summed E-state index contributed by atoms with van der Waals surface area (Å²) >= 11 is 0. The summed E-state index contributed by atoms with van der Waals surface area (Å²) in [6.45, 7) is 1.48. The van der Waals surface area contributed by atoms with Gasteiger partial charge in [-0.05, 0) is 30.7 Å². The molecule has 22 heavy (non-hydrogen) atoms. The smallest absolute Gasteiger partial charge is 0.277 e. The van der Waals surface area contributed by atoms with Gasteiger partial charge >= 0.3 is 0 Å². The van der Waals surface area contributed by atoms with Crippen LogP contribution in [0.1, 0.15) is 15.9 Å². The summed E-state index contributed by atoms with van der Waals surface area (Å²) in [7, 11) is 1.55. The van der Waals surface area contributed by atoms with Gasteiger partial charge in [0, 0.05) is 24.4 Å². The lowest BCUT2D eigenvalue weighted by Crippen LogP contribution is -2.34. The van der Waals surface area contributed by atoms with E-state index in [1.54, 1.807) is 32.2 Å². The average molecular weight is 303 g/mol. The van der Waals surface area contributed by atoms with Gasteiger partial charge < -0.3 is 15.7 Å². The van der Waals surface area contributed by atoms with Crippen molar-refractivity contribution in [2.45, 2.75) is 6.92 Å². The fourth-order valence-corrected chi connectivity index (χ4v) is 2.14. The van der Waals surface area contributed by atoms with Crippen LogP contribution in [0.3, 0.4) is 0 Å². The monoisotopic (exact) mass is 303 g/mol. The number of amides is 3. The van der Waals surface area contributed by atoms with E-state index in [1.807, 2.05) is 0 Å². The third kappa shape index (κ3) is 2.99. The lowest BCUT2D eigenvalue weighted by atomic mass is 10.1. The number of aliphatic hydroxyl groups is 1. The Balaban J connectivity index is 2.18. The number of hydrogen-bond acceptors (Lipinski definition) is 5. The molecule has 0 saturated carbocycles. The third-order valence-corrected chi connectivity index (χ3v) is 3.32. The summed E-state index contributed by atoms with van der Waals surface area (Å²) in [5, 5.41) is 14.3. The second-order valence-corrected chi connectivity index (χ2v) is 4.81. The van der Waals surface area contributed by atoms with Crippen LogP contribution in [0.25, 0.3) is 0 Å². The number of nitrogens with zero attached hydrogens (tertiary/aromatic N) is 1. The highest BCUT2D eigenvalue weighted by Gasteiger charge is 2.30. The zero-order chi connectivity index (χ0) is 16.3. The number of aryl methyl sites for hydroxylation is 1. The van der Waals surface area contributed by atoms with Crippen LogP contribution < -0.4 is 10.6 Å². The Bertz CT molecular complexity index is 667. The second-order valence-electron chi connectivity index (χ2n) is 4.81. The minimum Gasteiger partial charge on any atom is -0.395 e. The predicted octanol–water partition coefficient (Wildman–Crippen LogP) is 0.0115. The van der Waals surface area contributed by atoms with E-state index in [0.717, 1.165) is 10.5 Å². The minimum absolute atomic E-state index is 0.0338. The maximum Gasteiger partial charge on any atom is 0.277 e. The highest BCUT2D eigenvalue weighted by molar-refractivity contribution is 6.17. The van der Waals surface area contributed by atoms with E-state index >= 15 is 0 Å². The van der Waals surface area contributed by atoms with E-state index in [2.05, 4.69) is 10.6 Å². The van der Waals surface area contributed by atoms with Crippen molar-refractivity contribution in [2.24, 2.45) is 0 Å². The molecule has 2 rings (SSSR count). The predicted molar refractivity (Wildman–Crippen MR) is 80.1 cm³/mol. The Morgan fingerprint density at radius 1 is 1.32 bits per heavy atom. The first kappa shape index (κ1) is 15.7. The van der Waals surface area contributed by atoms with Gasteiger partial charge in [-0.2, -0.15) is 0 Å². The molecule has 7 heteroatoms. The first-order valence-corrected chi connectivity index (χ1v) is 6.76. The van der Waals surface area contributed by atoms with Gasteiger partial charge in [-0.1, -0.05) is 0 Å². The van der Waals surface area contributed by atoms with Crippen LogP contribution in [0.2, 0.25) is 0 Å². The Kier molecular flexibility index (Phi) is 4.57. The number of nitrogens with one attached hydrogen (secondary N) is 2. The quantitative estimate of drug-likeness (QED) is 0.666. The molecule has 1 aromatic carbocycles. The Morgan fingerprint density at radius 3 is 2.64 bits per heavy atom. The molecule has 0 radical (unpaired) electrons. The summed E-state index contributed by atoms with van der Waals surface area (Å²) in [4.78, 5) is 36.2. The van der Waals surface area contributed by atoms with Gasteiger partial charge in [0.05, 0.1) is 13.2 Å². The van der Waals surface area contributed by atoms with Crippen LogP contribution in [-0.4, -0.2) is 47.9 Å². The SMILES string of the molecule is CNC(=O)c1ccc(NC2=CC(=O)N(CCO)C2=O)c(C)c1. The molecular weight excluding hydrogens is 286 g/mol. The summed E-state index contributed by atoms with van der Waals surface area (Å²) in [6, 6.07) is 4.99. The average Bonchev–Trinajstić information content (AvgIpc) is 2.76. The van der Waals surface area contributed by atoms with Crippen molar-refractivity contribution in [3.05, 3.63) is 41.1 Å². The molecule has 0 atom stereocenters. The fraction of sp³-hybridized carbons (Fsp3) is 0.267. The van der Waals surface area contributed by atoms with Crippen molar-refractivity contribution in [3.63, 3.8) is 0 Å². The number of imide groups is 1. The molecule has 7 nitrogen and oxygen atoms in total. The molecule has 0 bridgehead atoms. The summed E-state index contributed by atoms with van der Waals surface area (Å²) in [6.07, 6.45) is 1.20. The zero-order valence-electron chi connectivity index (χ0n) is 12.3. The summed E-state index contributed by atoms with van der Waals surface area (Å²) in [5.74, 6) is -1.13. The molecule has 3 N–H and O–H groups in total. The second kappa shape index (κ2) is 6.40. The molecule has 0 aromatic heterocycles. The molecule has 1 aromatic rings. The van der Waals surface area contributed by atoms with Crippen molar-refractivity contribution in [1.29, 1.82) is 0 Å². The normalized spacial score (nSPS) is 14.1. The highest BCUT2D eigenvalue weighted by atomic mass is 16.3. The number of carbonyl (C=O) groups excluding carboxylic acids is 3. The van der Waals surface area contributed by atoms with Crippen molar-refractivity contribution in [2.75, 3.05) is 25.5 Å². The number of benzene rings is 1. The first-order chi connectivity index (χ1) is 10.5. The van der Waals surface area contributed by atoms with Gasteiger partial charge in [-0.3, -0.25) is 19.3 Å². The maximum atomic E-state index is 12.0. The molecule has 1 aliphatic rings. The van der Waals surface area contributed by atoms with Gasteiger partial charge in [0.1, 0.15) is 5.70 Å². The van der Waals surface area contributed by atoms with Gasteiger partial charge in [0.2, 0.25) is 0 Å². The Labute approximate surface area is 127 Å². The van der Waals surface area contributed by atoms with E-state index in [1.165, 1.54) is 6.08 Å². The van der Waals surface area contributed by atoms with Gasteiger partial charge in [0.25, 0.3) is 17.7 Å². The third-order valence-electron chi connectivity index (χ3n) is 3.32. The van der Waals surface area contributed by atoms with Crippen molar-refractivity contribution < 1.29 is 19.5 Å². The molecule has 0 saturated heterocycles. The zero-order valence-corrected chi connectivity index (χ0v) is 12.3. The minimum atomic E-state index is -0.478. The van der Waals surface area contributed by atoms with Crippen LogP contribution in [0, 0.1) is 6.92 Å². The van der Waals surface area contributed by atoms with Crippen molar-refractivity contribution in [3.8, 4) is 0 Å². The standard InChI is InChI=1S/C15H17N3O4/c1-9-7-10(14(21)16-2)3-4-11(9)17-12-8-13(20)18(5-6-19)15(12)22/h3-4,7-8,17,19H,5-6H2,1-2H3,(H,16,21). The van der Waals surface area contributed by atoms with Crippen LogP contribution in [-0.2, 0) is 9.59 Å². The number of hydrogen-bond donors (Lipinski definition) is 3. The van der Waals surface area contributed by atoms with E-state index < -0.39 is 11.8 Å². The lowest BCUT2D eigenvalue weighted by molar-refractivity contribution is -0.137. The molecule has 116 valence electrons. The number of β-amino-alcohol motifs (C(OH)–C–C–N with tert-alkyl or cyclic N) is 1. The molecule has 0 aliphatic carbocycles. The largest absolute Gasteiger partial charge is 0.395 e. The van der Waals surface area contributed by atoms with Gasteiger partial charge in [0.15, 0.2) is 0 Å². The Morgan fingerprint density at radius 2 is 2.05 bits per heavy atom. The molecule has 1 heterocycles. The van der Waals surface area contributed by atoms with Gasteiger partial charge in [-0.15, -0.1) is 0 Å². The molecule has 0 spiro atoms. The van der Waals surface area contributed by atoms with Gasteiger partial charge in [-0.25, -0.2) is 0 Å². The van der Waals surface area contributed by atoms with Crippen molar-refractivity contribution in [1.82, 2.24) is 10.2 Å². The van der Waals surface area contributed by atoms with E-state index in [0.29, 0.717) is 11.3 Å². The summed E-state index contributed by atoms with van der Waals surface area (Å²) in [5.41, 5.74) is 2.05. The molecule has 0 unspecified atom stereocenters. The van der Waals surface area contributed by atoms with E-state index in [4.69, 9.17) is 5.11 Å². The maximum absolute atomic E-state index is 12.0. The molecule has 1 aliphatic heterocycles. The molecular formula is C15H17N3O4. The molecule has 0 fully saturated rings. The number of rotatable bonds is 5. The van der Waals surface area contributed by atoms with Crippen LogP contribution >= 0.6 is 0 Å². The number of carbonyl (C=O) groups is 3. The first-order valence-electron chi connectivity index (χ1n) is 6.76. The van der Waals surface area contributed by atoms with E-state index in [-0.39, 0.29) is 24.8 Å². The van der Waals surface area contributed by atoms with Crippen LogP contribution in [0.4, 0.5) is 5.69 Å². The summed E-state index contributed by atoms with van der Waals surface area (Å²) < 4.78 is 0. The van der Waals surface area contributed by atoms with Crippen LogP contribution in [0.5, 0.6) is 0 Å². The number of aliphatic hydroxyl groups excluding tert-OH is 1.